The standard InChI is InChI=1S/C6H11N5/c1-2-11-4-9-6(8-3-7)10-5-11/h2,4-5H2,1H3,(H2,8,9,10). The number of rotatable bonds is 1. The minimum absolute atomic E-state index is 0.567. The third-order valence-corrected chi connectivity index (χ3v) is 1.52. The van der Waals surface area contributed by atoms with Gasteiger partial charge in [0, 0.05) is 0 Å². The molecular weight excluding hydrogens is 142 g/mol. The van der Waals surface area contributed by atoms with Gasteiger partial charge < -0.3 is 5.32 Å². The van der Waals surface area contributed by atoms with Crippen molar-refractivity contribution >= 4 is 5.96 Å². The average Bonchev–Trinajstić information content (AvgIpc) is 2.07. The molecule has 1 aliphatic heterocycles. The Kier molecular flexibility index (Phi) is 2.69. The van der Waals surface area contributed by atoms with Gasteiger partial charge in [0.05, 0.1) is 13.3 Å². The second kappa shape index (κ2) is 3.78. The van der Waals surface area contributed by atoms with Gasteiger partial charge in [-0.2, -0.15) is 5.26 Å². The lowest BCUT2D eigenvalue weighted by Gasteiger charge is -2.24. The molecule has 1 rings (SSSR count). The van der Waals surface area contributed by atoms with E-state index in [0.717, 1.165) is 13.2 Å². The molecule has 0 aromatic rings. The summed E-state index contributed by atoms with van der Waals surface area (Å²) in [5.41, 5.74) is 0. The summed E-state index contributed by atoms with van der Waals surface area (Å²) in [5, 5.41) is 13.7. The number of nitriles is 1. The van der Waals surface area contributed by atoms with Gasteiger partial charge in [-0.3, -0.25) is 10.2 Å². The van der Waals surface area contributed by atoms with Crippen LogP contribution in [0.25, 0.3) is 0 Å². The number of aliphatic imine (C=N–C) groups is 1. The molecule has 5 heteroatoms. The van der Waals surface area contributed by atoms with Crippen molar-refractivity contribution in [3.8, 4) is 6.19 Å². The first kappa shape index (κ1) is 7.82. The fraction of sp³-hybridized carbons (Fsp3) is 0.667. The zero-order valence-corrected chi connectivity index (χ0v) is 6.46. The molecule has 0 unspecified atom stereocenters. The highest BCUT2D eigenvalue weighted by molar-refractivity contribution is 5.81. The maximum atomic E-state index is 8.25. The van der Waals surface area contributed by atoms with Crippen LogP contribution in [0.3, 0.4) is 0 Å². The molecule has 0 fully saturated rings. The Labute approximate surface area is 65.7 Å². The predicted molar refractivity (Wildman–Crippen MR) is 41.4 cm³/mol. The van der Waals surface area contributed by atoms with Gasteiger partial charge in [0.25, 0.3) is 0 Å². The smallest absolute Gasteiger partial charge is 0.207 e. The molecule has 5 nitrogen and oxygen atoms in total. The summed E-state index contributed by atoms with van der Waals surface area (Å²) in [5.74, 6) is 0.567. The zero-order valence-electron chi connectivity index (χ0n) is 6.46. The number of nitrogens with one attached hydrogen (secondary N) is 2. The van der Waals surface area contributed by atoms with E-state index in [1.165, 1.54) is 0 Å². The first-order valence-electron chi connectivity index (χ1n) is 3.52. The van der Waals surface area contributed by atoms with Crippen molar-refractivity contribution in [2.24, 2.45) is 4.99 Å². The Balaban J connectivity index is 2.39. The summed E-state index contributed by atoms with van der Waals surface area (Å²) in [7, 11) is 0. The van der Waals surface area contributed by atoms with Crippen molar-refractivity contribution in [2.75, 3.05) is 19.9 Å². The first-order valence-corrected chi connectivity index (χ1v) is 3.52. The SMILES string of the molecule is CCN1CN=C(NC#N)NC1. The first-order chi connectivity index (χ1) is 5.36. The molecule has 0 radical (unpaired) electrons. The van der Waals surface area contributed by atoms with Crippen molar-refractivity contribution in [2.45, 2.75) is 6.92 Å². The summed E-state index contributed by atoms with van der Waals surface area (Å²) in [6.07, 6.45) is 1.81. The molecule has 0 aromatic heterocycles. The van der Waals surface area contributed by atoms with Crippen LogP contribution in [0.5, 0.6) is 0 Å². The van der Waals surface area contributed by atoms with Crippen LogP contribution in [0.1, 0.15) is 6.92 Å². The lowest BCUT2D eigenvalue weighted by atomic mass is 10.6. The van der Waals surface area contributed by atoms with E-state index in [2.05, 4.69) is 27.4 Å². The zero-order chi connectivity index (χ0) is 8.10. The largest absolute Gasteiger partial charge is 0.343 e. The molecule has 0 atom stereocenters. The van der Waals surface area contributed by atoms with E-state index in [4.69, 9.17) is 5.26 Å². The molecule has 1 aliphatic rings. The number of hydrogen-bond donors (Lipinski definition) is 2. The monoisotopic (exact) mass is 153 g/mol. The Morgan fingerprint density at radius 3 is 3.18 bits per heavy atom. The summed E-state index contributed by atoms with van der Waals surface area (Å²) >= 11 is 0. The van der Waals surface area contributed by atoms with E-state index in [1.807, 2.05) is 6.19 Å². The van der Waals surface area contributed by atoms with Gasteiger partial charge in [0.1, 0.15) is 0 Å². The number of nitrogens with zero attached hydrogens (tertiary/aromatic N) is 3. The van der Waals surface area contributed by atoms with Crippen LogP contribution in [0, 0.1) is 11.5 Å². The van der Waals surface area contributed by atoms with E-state index in [9.17, 15) is 0 Å². The van der Waals surface area contributed by atoms with Crippen LogP contribution >= 0.6 is 0 Å². The molecule has 0 saturated carbocycles. The molecule has 2 N–H and O–H groups in total. The number of guanidine groups is 1. The van der Waals surface area contributed by atoms with Crippen molar-refractivity contribution in [1.82, 2.24) is 15.5 Å². The van der Waals surface area contributed by atoms with Crippen molar-refractivity contribution < 1.29 is 0 Å². The van der Waals surface area contributed by atoms with Gasteiger partial charge >= 0.3 is 0 Å². The fourth-order valence-corrected chi connectivity index (χ4v) is 0.812. The van der Waals surface area contributed by atoms with Gasteiger partial charge in [0.15, 0.2) is 6.19 Å². The minimum atomic E-state index is 0.567. The van der Waals surface area contributed by atoms with Gasteiger partial charge in [-0.25, -0.2) is 4.99 Å². The lowest BCUT2D eigenvalue weighted by Crippen LogP contribution is -2.47. The third kappa shape index (κ3) is 2.09. The predicted octanol–water partition coefficient (Wildman–Crippen LogP) is -0.747. The highest BCUT2D eigenvalue weighted by Crippen LogP contribution is 1.90. The van der Waals surface area contributed by atoms with E-state index < -0.39 is 0 Å². The number of hydrogen-bond acceptors (Lipinski definition) is 5. The molecule has 1 heterocycles. The van der Waals surface area contributed by atoms with Crippen LogP contribution in [0.4, 0.5) is 0 Å². The van der Waals surface area contributed by atoms with Gasteiger partial charge in [-0.15, -0.1) is 0 Å². The minimum Gasteiger partial charge on any atom is -0.343 e. The normalized spacial score (nSPS) is 18.0. The Morgan fingerprint density at radius 2 is 2.73 bits per heavy atom. The van der Waals surface area contributed by atoms with Gasteiger partial charge in [-0.1, -0.05) is 6.92 Å². The van der Waals surface area contributed by atoms with Crippen LogP contribution in [0.15, 0.2) is 4.99 Å². The Bertz CT molecular complexity index is 192. The fourth-order valence-electron chi connectivity index (χ4n) is 0.812. The van der Waals surface area contributed by atoms with Crippen molar-refractivity contribution in [1.29, 1.82) is 5.26 Å². The van der Waals surface area contributed by atoms with E-state index >= 15 is 0 Å². The summed E-state index contributed by atoms with van der Waals surface area (Å²) < 4.78 is 0. The summed E-state index contributed by atoms with van der Waals surface area (Å²) in [6.45, 7) is 4.45. The molecule has 0 bridgehead atoms. The van der Waals surface area contributed by atoms with Crippen LogP contribution in [-0.4, -0.2) is 30.7 Å². The maximum Gasteiger partial charge on any atom is 0.207 e. The topological polar surface area (TPSA) is 63.5 Å². The van der Waals surface area contributed by atoms with Crippen molar-refractivity contribution in [3.63, 3.8) is 0 Å². The summed E-state index contributed by atoms with van der Waals surface area (Å²) in [6, 6.07) is 0. The highest BCUT2D eigenvalue weighted by Gasteiger charge is 2.08. The molecule has 0 spiro atoms. The van der Waals surface area contributed by atoms with E-state index in [1.54, 1.807) is 0 Å². The van der Waals surface area contributed by atoms with Crippen LogP contribution < -0.4 is 10.6 Å². The molecule has 11 heavy (non-hydrogen) atoms. The Hall–Kier alpha value is -1.28. The molecular formula is C6H11N5. The van der Waals surface area contributed by atoms with Gasteiger partial charge in [0.2, 0.25) is 5.96 Å². The van der Waals surface area contributed by atoms with Crippen LogP contribution in [0.2, 0.25) is 0 Å². The highest BCUT2D eigenvalue weighted by atomic mass is 15.4. The second-order valence-corrected chi connectivity index (χ2v) is 2.21. The Morgan fingerprint density at radius 1 is 1.91 bits per heavy atom. The molecule has 0 aromatic carbocycles. The third-order valence-electron chi connectivity index (χ3n) is 1.52. The second-order valence-electron chi connectivity index (χ2n) is 2.21. The lowest BCUT2D eigenvalue weighted by molar-refractivity contribution is 0.277. The van der Waals surface area contributed by atoms with Gasteiger partial charge in [-0.05, 0) is 6.54 Å². The maximum absolute atomic E-state index is 8.25. The molecule has 60 valence electrons. The molecule has 0 aliphatic carbocycles. The van der Waals surface area contributed by atoms with Crippen LogP contribution in [-0.2, 0) is 0 Å². The molecule has 0 amide bonds. The molecule has 0 saturated heterocycles. The quantitative estimate of drug-likeness (QED) is 0.384. The van der Waals surface area contributed by atoms with E-state index in [0.29, 0.717) is 12.6 Å². The van der Waals surface area contributed by atoms with Crippen molar-refractivity contribution in [3.05, 3.63) is 0 Å². The average molecular weight is 153 g/mol. The summed E-state index contributed by atoms with van der Waals surface area (Å²) in [4.78, 5) is 6.18. The van der Waals surface area contributed by atoms with E-state index in [-0.39, 0.29) is 0 Å².